The molecular formula is C14H17BrN2O2. The summed E-state index contributed by atoms with van der Waals surface area (Å²) in [4.78, 5) is 12.2. The second-order valence-electron chi connectivity index (χ2n) is 5.35. The van der Waals surface area contributed by atoms with Gasteiger partial charge in [0, 0.05) is 9.86 Å². The van der Waals surface area contributed by atoms with Crippen molar-refractivity contribution in [3.05, 3.63) is 28.4 Å². The Kier molecular flexibility index (Phi) is 3.67. The Morgan fingerprint density at radius 3 is 2.68 bits per heavy atom. The van der Waals surface area contributed by atoms with Gasteiger partial charge in [-0.05, 0) is 45.4 Å². The number of fused-ring (bicyclic) bond motifs is 1. The smallest absolute Gasteiger partial charge is 0.435 e. The molecule has 1 aromatic carbocycles. The van der Waals surface area contributed by atoms with E-state index in [1.807, 2.05) is 45.9 Å². The van der Waals surface area contributed by atoms with E-state index in [1.54, 1.807) is 0 Å². The van der Waals surface area contributed by atoms with Crippen molar-refractivity contribution in [2.75, 3.05) is 0 Å². The number of carbonyl (C=O) groups is 1. The zero-order valence-electron chi connectivity index (χ0n) is 11.5. The van der Waals surface area contributed by atoms with Crippen LogP contribution >= 0.6 is 15.9 Å². The van der Waals surface area contributed by atoms with Gasteiger partial charge in [-0.25, -0.2) is 4.79 Å². The minimum absolute atomic E-state index is 0.445. The van der Waals surface area contributed by atoms with E-state index in [4.69, 9.17) is 4.74 Å². The van der Waals surface area contributed by atoms with Crippen LogP contribution in [0.5, 0.6) is 0 Å². The minimum atomic E-state index is -0.531. The first-order valence-corrected chi connectivity index (χ1v) is 7.01. The minimum Gasteiger partial charge on any atom is -0.442 e. The summed E-state index contributed by atoms with van der Waals surface area (Å²) in [5.74, 6) is 0. The van der Waals surface area contributed by atoms with Crippen LogP contribution in [0.3, 0.4) is 0 Å². The van der Waals surface area contributed by atoms with E-state index in [-0.39, 0.29) is 0 Å². The van der Waals surface area contributed by atoms with E-state index in [0.717, 1.165) is 27.5 Å². The predicted molar refractivity (Wildman–Crippen MR) is 78.4 cm³/mol. The van der Waals surface area contributed by atoms with Crippen molar-refractivity contribution in [1.29, 1.82) is 0 Å². The molecule has 0 saturated carbocycles. The van der Waals surface area contributed by atoms with Gasteiger partial charge in [0.1, 0.15) is 5.60 Å². The fourth-order valence-corrected chi connectivity index (χ4v) is 2.22. The number of aryl methyl sites for hydroxylation is 1. The molecular weight excluding hydrogens is 308 g/mol. The van der Waals surface area contributed by atoms with E-state index < -0.39 is 11.7 Å². The highest BCUT2D eigenvalue weighted by molar-refractivity contribution is 9.10. The first-order valence-electron chi connectivity index (χ1n) is 6.22. The van der Waals surface area contributed by atoms with E-state index in [1.165, 1.54) is 4.68 Å². The summed E-state index contributed by atoms with van der Waals surface area (Å²) in [5, 5.41) is 5.33. The topological polar surface area (TPSA) is 44.1 Å². The van der Waals surface area contributed by atoms with Gasteiger partial charge >= 0.3 is 6.09 Å². The summed E-state index contributed by atoms with van der Waals surface area (Å²) < 4.78 is 7.68. The molecule has 0 amide bonds. The third-order valence-electron chi connectivity index (χ3n) is 2.62. The second kappa shape index (κ2) is 4.96. The summed E-state index contributed by atoms with van der Waals surface area (Å²) in [6, 6.07) is 5.74. The van der Waals surface area contributed by atoms with Crippen molar-refractivity contribution in [3.63, 3.8) is 0 Å². The maximum absolute atomic E-state index is 12.2. The molecule has 0 aliphatic carbocycles. The molecule has 0 spiro atoms. The largest absolute Gasteiger partial charge is 0.442 e. The Balaban J connectivity index is 2.52. The standard InChI is InChI=1S/C14H17BrN2O2/c1-5-11-10-8-9(15)6-7-12(10)17(16-11)13(18)19-14(2,3)4/h6-8H,5H2,1-4H3. The van der Waals surface area contributed by atoms with Crippen molar-refractivity contribution in [3.8, 4) is 0 Å². The van der Waals surface area contributed by atoms with E-state index in [9.17, 15) is 4.79 Å². The summed E-state index contributed by atoms with van der Waals surface area (Å²) in [6.07, 6.45) is 0.322. The van der Waals surface area contributed by atoms with Crippen molar-refractivity contribution in [2.24, 2.45) is 0 Å². The number of ether oxygens (including phenoxy) is 1. The second-order valence-corrected chi connectivity index (χ2v) is 6.27. The van der Waals surface area contributed by atoms with Crippen molar-refractivity contribution >= 4 is 32.9 Å². The fraction of sp³-hybridized carbons (Fsp3) is 0.429. The maximum Gasteiger partial charge on any atom is 0.435 e. The molecule has 0 aliphatic heterocycles. The monoisotopic (exact) mass is 324 g/mol. The normalized spacial score (nSPS) is 11.8. The van der Waals surface area contributed by atoms with Crippen LogP contribution in [-0.2, 0) is 11.2 Å². The third-order valence-corrected chi connectivity index (χ3v) is 3.11. The first-order chi connectivity index (χ1) is 8.81. The van der Waals surface area contributed by atoms with Gasteiger partial charge in [0.05, 0.1) is 11.2 Å². The highest BCUT2D eigenvalue weighted by Gasteiger charge is 2.21. The lowest BCUT2D eigenvalue weighted by Gasteiger charge is -2.19. The molecule has 0 atom stereocenters. The molecule has 0 unspecified atom stereocenters. The SMILES string of the molecule is CCc1nn(C(=O)OC(C)(C)C)c2ccc(Br)cc12. The lowest BCUT2D eigenvalue weighted by molar-refractivity contribution is 0.0522. The Labute approximate surface area is 120 Å². The molecule has 4 nitrogen and oxygen atoms in total. The predicted octanol–water partition coefficient (Wildman–Crippen LogP) is 4.14. The van der Waals surface area contributed by atoms with Crippen LogP contribution in [0.1, 0.15) is 33.4 Å². The lowest BCUT2D eigenvalue weighted by atomic mass is 10.2. The number of aromatic nitrogens is 2. The molecule has 5 heteroatoms. The molecule has 1 heterocycles. The van der Waals surface area contributed by atoms with E-state index in [2.05, 4.69) is 21.0 Å². The Hall–Kier alpha value is -1.36. The van der Waals surface area contributed by atoms with Gasteiger partial charge in [-0.2, -0.15) is 9.78 Å². The van der Waals surface area contributed by atoms with Crippen LogP contribution in [0.15, 0.2) is 22.7 Å². The molecule has 0 fully saturated rings. The fourth-order valence-electron chi connectivity index (χ4n) is 1.86. The maximum atomic E-state index is 12.2. The molecule has 0 aliphatic rings. The highest BCUT2D eigenvalue weighted by atomic mass is 79.9. The van der Waals surface area contributed by atoms with Crippen molar-refractivity contribution < 1.29 is 9.53 Å². The zero-order chi connectivity index (χ0) is 14.2. The Morgan fingerprint density at radius 2 is 2.11 bits per heavy atom. The van der Waals surface area contributed by atoms with Crippen molar-refractivity contribution in [2.45, 2.75) is 39.7 Å². The zero-order valence-corrected chi connectivity index (χ0v) is 13.1. The number of hydrogen-bond donors (Lipinski definition) is 0. The molecule has 0 saturated heterocycles. The number of nitrogens with zero attached hydrogens (tertiary/aromatic N) is 2. The summed E-state index contributed by atoms with van der Waals surface area (Å²) >= 11 is 3.44. The number of benzene rings is 1. The van der Waals surface area contributed by atoms with Crippen LogP contribution in [0.4, 0.5) is 4.79 Å². The Bertz CT molecular complexity index is 626. The van der Waals surface area contributed by atoms with Gasteiger partial charge in [0.15, 0.2) is 0 Å². The van der Waals surface area contributed by atoms with Crippen molar-refractivity contribution in [1.82, 2.24) is 9.78 Å². The molecule has 2 aromatic rings. The van der Waals surface area contributed by atoms with E-state index in [0.29, 0.717) is 0 Å². The third kappa shape index (κ3) is 2.97. The van der Waals surface area contributed by atoms with Gasteiger partial charge in [-0.3, -0.25) is 0 Å². The number of hydrogen-bond acceptors (Lipinski definition) is 3. The van der Waals surface area contributed by atoms with Crippen LogP contribution in [0.25, 0.3) is 10.9 Å². The molecule has 1 aromatic heterocycles. The van der Waals surface area contributed by atoms with Crippen LogP contribution in [0.2, 0.25) is 0 Å². The molecule has 0 radical (unpaired) electrons. The van der Waals surface area contributed by atoms with Gasteiger partial charge in [-0.15, -0.1) is 0 Å². The average molecular weight is 325 g/mol. The van der Waals surface area contributed by atoms with E-state index >= 15 is 0 Å². The molecule has 0 N–H and O–H groups in total. The molecule has 102 valence electrons. The van der Waals surface area contributed by atoms with Crippen LogP contribution in [-0.4, -0.2) is 21.5 Å². The molecule has 0 bridgehead atoms. The number of carbonyl (C=O) groups excluding carboxylic acids is 1. The van der Waals surface area contributed by atoms with Gasteiger partial charge in [0.2, 0.25) is 0 Å². The average Bonchev–Trinajstić information content (AvgIpc) is 2.64. The number of halogens is 1. The highest BCUT2D eigenvalue weighted by Crippen LogP contribution is 2.24. The summed E-state index contributed by atoms with van der Waals surface area (Å²) in [5.41, 5.74) is 1.13. The van der Waals surface area contributed by atoms with Gasteiger partial charge in [0.25, 0.3) is 0 Å². The number of rotatable bonds is 1. The first kappa shape index (κ1) is 14.1. The Morgan fingerprint density at radius 1 is 1.42 bits per heavy atom. The van der Waals surface area contributed by atoms with Crippen LogP contribution in [0, 0.1) is 0 Å². The summed E-state index contributed by atoms with van der Waals surface area (Å²) in [6.45, 7) is 7.54. The van der Waals surface area contributed by atoms with Gasteiger partial charge in [-0.1, -0.05) is 22.9 Å². The lowest BCUT2D eigenvalue weighted by Crippen LogP contribution is -2.27. The quantitative estimate of drug-likeness (QED) is 0.791. The van der Waals surface area contributed by atoms with Gasteiger partial charge < -0.3 is 4.74 Å². The molecule has 2 rings (SSSR count). The summed E-state index contributed by atoms with van der Waals surface area (Å²) in [7, 11) is 0. The van der Waals surface area contributed by atoms with Crippen LogP contribution < -0.4 is 0 Å². The molecule has 19 heavy (non-hydrogen) atoms.